The van der Waals surface area contributed by atoms with Crippen LogP contribution in [0, 0.1) is 5.92 Å². The summed E-state index contributed by atoms with van der Waals surface area (Å²) in [4.78, 5) is 26.2. The van der Waals surface area contributed by atoms with Crippen LogP contribution in [0.4, 0.5) is 4.79 Å². The lowest BCUT2D eigenvalue weighted by Crippen LogP contribution is -2.59. The molecule has 2 fully saturated rings. The molecular weight excluding hydrogens is 206 g/mol. The van der Waals surface area contributed by atoms with Gasteiger partial charge < -0.3 is 5.32 Å². The summed E-state index contributed by atoms with van der Waals surface area (Å²) < 4.78 is 0. The maximum Gasteiger partial charge on any atom is 0.325 e. The van der Waals surface area contributed by atoms with Gasteiger partial charge in [0.1, 0.15) is 0 Å². The first-order chi connectivity index (χ1) is 7.58. The SMILES string of the molecule is CN1C(=O)CC(N(C)CC2CCC2)NC1=O. The van der Waals surface area contributed by atoms with E-state index in [0.717, 1.165) is 17.4 Å². The van der Waals surface area contributed by atoms with Crippen LogP contribution in [0.25, 0.3) is 0 Å². The molecule has 1 aliphatic carbocycles. The molecule has 0 radical (unpaired) electrons. The molecule has 1 unspecified atom stereocenters. The average molecular weight is 225 g/mol. The van der Waals surface area contributed by atoms with Crippen LogP contribution < -0.4 is 5.32 Å². The van der Waals surface area contributed by atoms with E-state index in [0.29, 0.717) is 6.42 Å². The quantitative estimate of drug-likeness (QED) is 0.766. The fourth-order valence-corrected chi connectivity index (χ4v) is 2.18. The zero-order valence-corrected chi connectivity index (χ0v) is 9.90. The number of hydrogen-bond donors (Lipinski definition) is 1. The molecule has 16 heavy (non-hydrogen) atoms. The molecule has 3 amide bonds. The van der Waals surface area contributed by atoms with Crippen molar-refractivity contribution in [1.82, 2.24) is 15.1 Å². The molecule has 0 spiro atoms. The zero-order chi connectivity index (χ0) is 11.7. The van der Waals surface area contributed by atoms with Crippen molar-refractivity contribution < 1.29 is 9.59 Å². The molecule has 1 atom stereocenters. The Morgan fingerprint density at radius 1 is 1.44 bits per heavy atom. The van der Waals surface area contributed by atoms with Crippen LogP contribution in [0.3, 0.4) is 0 Å². The molecule has 5 nitrogen and oxygen atoms in total. The highest BCUT2D eigenvalue weighted by Crippen LogP contribution is 2.27. The van der Waals surface area contributed by atoms with E-state index in [4.69, 9.17) is 0 Å². The number of carbonyl (C=O) groups is 2. The van der Waals surface area contributed by atoms with Crippen LogP contribution in [0.1, 0.15) is 25.7 Å². The number of carbonyl (C=O) groups excluding carboxylic acids is 2. The first kappa shape index (κ1) is 11.4. The molecule has 1 heterocycles. The van der Waals surface area contributed by atoms with Gasteiger partial charge in [-0.3, -0.25) is 14.6 Å². The van der Waals surface area contributed by atoms with Gasteiger partial charge in [-0.15, -0.1) is 0 Å². The van der Waals surface area contributed by atoms with Crippen molar-refractivity contribution in [3.8, 4) is 0 Å². The molecule has 2 aliphatic rings. The largest absolute Gasteiger partial charge is 0.325 e. The highest BCUT2D eigenvalue weighted by atomic mass is 16.2. The average Bonchev–Trinajstić information content (AvgIpc) is 2.19. The Balaban J connectivity index is 1.88. The van der Waals surface area contributed by atoms with Crippen molar-refractivity contribution in [2.45, 2.75) is 31.8 Å². The summed E-state index contributed by atoms with van der Waals surface area (Å²) in [5.74, 6) is 0.644. The molecule has 5 heteroatoms. The van der Waals surface area contributed by atoms with Crippen molar-refractivity contribution in [1.29, 1.82) is 0 Å². The molecule has 0 aromatic heterocycles. The number of urea groups is 1. The molecular formula is C11H19N3O2. The van der Waals surface area contributed by atoms with Crippen LogP contribution in [0.5, 0.6) is 0 Å². The normalized spacial score (nSPS) is 26.9. The van der Waals surface area contributed by atoms with Crippen molar-refractivity contribution in [3.05, 3.63) is 0 Å². The van der Waals surface area contributed by atoms with E-state index < -0.39 is 0 Å². The Kier molecular flexibility index (Phi) is 3.14. The van der Waals surface area contributed by atoms with E-state index >= 15 is 0 Å². The Morgan fingerprint density at radius 2 is 2.12 bits per heavy atom. The number of imide groups is 1. The van der Waals surface area contributed by atoms with Gasteiger partial charge in [-0.1, -0.05) is 6.42 Å². The predicted octanol–water partition coefficient (Wildman–Crippen LogP) is 0.616. The second-order valence-electron chi connectivity index (χ2n) is 4.86. The number of nitrogens with zero attached hydrogens (tertiary/aromatic N) is 2. The standard InChI is InChI=1S/C11H19N3O2/c1-13(7-8-4-3-5-8)9-6-10(15)14(2)11(16)12-9/h8-9H,3-7H2,1-2H3,(H,12,16). The lowest BCUT2D eigenvalue weighted by molar-refractivity contribution is -0.130. The highest BCUT2D eigenvalue weighted by molar-refractivity contribution is 5.96. The number of rotatable bonds is 3. The number of amides is 3. The van der Waals surface area contributed by atoms with E-state index in [2.05, 4.69) is 10.2 Å². The zero-order valence-electron chi connectivity index (χ0n) is 9.90. The Bertz CT molecular complexity index is 284. The van der Waals surface area contributed by atoms with Gasteiger partial charge >= 0.3 is 6.03 Å². The van der Waals surface area contributed by atoms with E-state index in [1.807, 2.05) is 7.05 Å². The van der Waals surface area contributed by atoms with Gasteiger partial charge in [0.25, 0.3) is 0 Å². The molecule has 1 saturated carbocycles. The summed E-state index contributed by atoms with van der Waals surface area (Å²) in [5.41, 5.74) is 0. The van der Waals surface area contributed by atoms with Gasteiger partial charge in [0.2, 0.25) is 5.91 Å². The van der Waals surface area contributed by atoms with E-state index in [9.17, 15) is 9.59 Å². The van der Waals surface area contributed by atoms with Gasteiger partial charge in [-0.2, -0.15) is 0 Å². The summed E-state index contributed by atoms with van der Waals surface area (Å²) in [5, 5.41) is 2.84. The van der Waals surface area contributed by atoms with Crippen LogP contribution in [-0.4, -0.2) is 48.5 Å². The topological polar surface area (TPSA) is 52.7 Å². The lowest BCUT2D eigenvalue weighted by Gasteiger charge is -2.38. The van der Waals surface area contributed by atoms with E-state index in [1.54, 1.807) is 0 Å². The van der Waals surface area contributed by atoms with Crippen molar-refractivity contribution in [2.75, 3.05) is 20.6 Å². The molecule has 0 aromatic rings. The summed E-state index contributed by atoms with van der Waals surface area (Å²) >= 11 is 0. The highest BCUT2D eigenvalue weighted by Gasteiger charge is 2.32. The third-order valence-electron chi connectivity index (χ3n) is 3.64. The van der Waals surface area contributed by atoms with Gasteiger partial charge in [0.05, 0.1) is 12.6 Å². The molecule has 1 aliphatic heterocycles. The van der Waals surface area contributed by atoms with Crippen molar-refractivity contribution >= 4 is 11.9 Å². The smallest absolute Gasteiger partial charge is 0.322 e. The minimum atomic E-state index is -0.290. The van der Waals surface area contributed by atoms with Crippen LogP contribution in [0.15, 0.2) is 0 Å². The fraction of sp³-hybridized carbons (Fsp3) is 0.818. The van der Waals surface area contributed by atoms with Gasteiger partial charge in [0, 0.05) is 13.6 Å². The van der Waals surface area contributed by atoms with Gasteiger partial charge in [0.15, 0.2) is 0 Å². The first-order valence-corrected chi connectivity index (χ1v) is 5.85. The summed E-state index contributed by atoms with van der Waals surface area (Å²) in [6.45, 7) is 0.974. The van der Waals surface area contributed by atoms with Crippen molar-refractivity contribution in [2.24, 2.45) is 5.92 Å². The van der Waals surface area contributed by atoms with Crippen LogP contribution in [-0.2, 0) is 4.79 Å². The number of hydrogen-bond acceptors (Lipinski definition) is 3. The lowest BCUT2D eigenvalue weighted by atomic mass is 9.85. The van der Waals surface area contributed by atoms with Crippen LogP contribution >= 0.6 is 0 Å². The monoisotopic (exact) mass is 225 g/mol. The molecule has 0 aromatic carbocycles. The predicted molar refractivity (Wildman–Crippen MR) is 59.7 cm³/mol. The van der Waals surface area contributed by atoms with Crippen molar-refractivity contribution in [3.63, 3.8) is 0 Å². The summed E-state index contributed by atoms with van der Waals surface area (Å²) in [6.07, 6.45) is 4.12. The second-order valence-corrected chi connectivity index (χ2v) is 4.86. The van der Waals surface area contributed by atoms with E-state index in [-0.39, 0.29) is 18.1 Å². The second kappa shape index (κ2) is 4.41. The fourth-order valence-electron chi connectivity index (χ4n) is 2.18. The van der Waals surface area contributed by atoms with Gasteiger partial charge in [-0.25, -0.2) is 4.79 Å². The third kappa shape index (κ3) is 2.19. The summed E-state index contributed by atoms with van der Waals surface area (Å²) in [7, 11) is 3.49. The Hall–Kier alpha value is -1.10. The molecule has 1 N–H and O–H groups in total. The molecule has 90 valence electrons. The minimum absolute atomic E-state index is 0.103. The summed E-state index contributed by atoms with van der Waals surface area (Å²) in [6, 6.07) is -0.290. The minimum Gasteiger partial charge on any atom is -0.322 e. The molecule has 1 saturated heterocycles. The number of nitrogens with one attached hydrogen (secondary N) is 1. The maximum atomic E-state index is 11.5. The van der Waals surface area contributed by atoms with Gasteiger partial charge in [-0.05, 0) is 25.8 Å². The van der Waals surface area contributed by atoms with Crippen LogP contribution in [0.2, 0.25) is 0 Å². The third-order valence-corrected chi connectivity index (χ3v) is 3.64. The molecule has 0 bridgehead atoms. The molecule has 2 rings (SSSR count). The Morgan fingerprint density at radius 3 is 2.62 bits per heavy atom. The van der Waals surface area contributed by atoms with E-state index in [1.165, 1.54) is 26.3 Å². The maximum absolute atomic E-state index is 11.5. The Labute approximate surface area is 95.8 Å². The first-order valence-electron chi connectivity index (χ1n) is 5.85.